The van der Waals surface area contributed by atoms with Crippen LogP contribution in [-0.4, -0.2) is 34.2 Å². The molecule has 0 spiro atoms. The summed E-state index contributed by atoms with van der Waals surface area (Å²) < 4.78 is 19.7. The molecule has 222 valence electrons. The topological polar surface area (TPSA) is 120 Å². The first-order chi connectivity index (χ1) is 20.4. The Morgan fingerprint density at radius 2 is 1.93 bits per heavy atom. The highest BCUT2D eigenvalue weighted by Crippen LogP contribution is 2.30. The Morgan fingerprint density at radius 3 is 2.67 bits per heavy atom. The van der Waals surface area contributed by atoms with Crippen molar-refractivity contribution in [3.63, 3.8) is 0 Å². The number of aromatic nitrogens is 6. The highest BCUT2D eigenvalue weighted by atomic mass is 19.1. The van der Waals surface area contributed by atoms with E-state index in [1.807, 2.05) is 31.5 Å². The van der Waals surface area contributed by atoms with Crippen LogP contribution in [0.5, 0.6) is 0 Å². The number of pyridine rings is 2. The number of fused-ring (bicyclic) bond motifs is 2. The molecule has 0 radical (unpaired) electrons. The molecule has 4 aromatic heterocycles. The fraction of sp³-hybridized carbons (Fsp3) is 0.344. The van der Waals surface area contributed by atoms with Gasteiger partial charge in [-0.1, -0.05) is 27.7 Å². The van der Waals surface area contributed by atoms with Crippen molar-refractivity contribution in [2.75, 3.05) is 5.32 Å². The first kappa shape index (κ1) is 28.5. The average Bonchev–Trinajstić information content (AvgIpc) is 3.35. The van der Waals surface area contributed by atoms with Gasteiger partial charge in [0.1, 0.15) is 11.5 Å². The van der Waals surface area contributed by atoms with Crippen LogP contribution >= 0.6 is 0 Å². The SMILES string of the molecule is CC1CCn2nc(Nc3cc(-c4ccnc(-n5ncc6cc(C(C)(C)C)cc(F)c6c5=O)c4CO)cn(C)c3=O)cc2C1. The molecule has 1 unspecified atom stereocenters. The van der Waals surface area contributed by atoms with E-state index in [1.54, 1.807) is 31.4 Å². The zero-order valence-corrected chi connectivity index (χ0v) is 24.8. The summed E-state index contributed by atoms with van der Waals surface area (Å²) in [5.74, 6) is 0.590. The van der Waals surface area contributed by atoms with Crippen molar-refractivity contribution in [3.8, 4) is 16.9 Å². The Kier molecular flexibility index (Phi) is 7.00. The zero-order chi connectivity index (χ0) is 30.6. The first-order valence-electron chi connectivity index (χ1n) is 14.3. The highest BCUT2D eigenvalue weighted by Gasteiger charge is 2.22. The fourth-order valence-corrected chi connectivity index (χ4v) is 5.67. The minimum atomic E-state index is -0.685. The number of hydrogen-bond donors (Lipinski definition) is 2. The third kappa shape index (κ3) is 5.14. The number of aliphatic hydroxyl groups is 1. The van der Waals surface area contributed by atoms with E-state index in [-0.39, 0.29) is 22.2 Å². The summed E-state index contributed by atoms with van der Waals surface area (Å²) in [6.07, 6.45) is 6.56. The molecule has 0 amide bonds. The third-order valence-corrected chi connectivity index (χ3v) is 8.11. The molecule has 6 rings (SSSR count). The van der Waals surface area contributed by atoms with E-state index in [2.05, 4.69) is 27.4 Å². The van der Waals surface area contributed by atoms with Gasteiger partial charge in [0.15, 0.2) is 11.6 Å². The molecule has 0 saturated heterocycles. The van der Waals surface area contributed by atoms with Crippen molar-refractivity contribution in [1.29, 1.82) is 0 Å². The minimum Gasteiger partial charge on any atom is -0.392 e. The Morgan fingerprint density at radius 1 is 1.14 bits per heavy atom. The van der Waals surface area contributed by atoms with E-state index in [0.29, 0.717) is 39.5 Å². The van der Waals surface area contributed by atoms with Crippen LogP contribution in [0.15, 0.2) is 58.5 Å². The maximum absolute atomic E-state index is 15.3. The third-order valence-electron chi connectivity index (χ3n) is 8.11. The van der Waals surface area contributed by atoms with Gasteiger partial charge >= 0.3 is 0 Å². The molecule has 2 N–H and O–H groups in total. The quantitative estimate of drug-likeness (QED) is 0.310. The van der Waals surface area contributed by atoms with Gasteiger partial charge in [-0.3, -0.25) is 14.3 Å². The predicted molar refractivity (Wildman–Crippen MR) is 163 cm³/mol. The molecule has 0 bridgehead atoms. The highest BCUT2D eigenvalue weighted by molar-refractivity contribution is 5.83. The van der Waals surface area contributed by atoms with Crippen molar-refractivity contribution in [2.24, 2.45) is 13.0 Å². The van der Waals surface area contributed by atoms with Crippen LogP contribution < -0.4 is 16.4 Å². The second-order valence-electron chi connectivity index (χ2n) is 12.4. The normalized spacial score (nSPS) is 15.1. The summed E-state index contributed by atoms with van der Waals surface area (Å²) in [5, 5.41) is 22.9. The van der Waals surface area contributed by atoms with E-state index in [1.165, 1.54) is 23.0 Å². The average molecular weight is 584 g/mol. The summed E-state index contributed by atoms with van der Waals surface area (Å²) in [7, 11) is 1.64. The summed E-state index contributed by atoms with van der Waals surface area (Å²) in [6, 6.07) is 8.49. The Balaban J connectivity index is 1.44. The van der Waals surface area contributed by atoms with Crippen LogP contribution in [0.2, 0.25) is 0 Å². The van der Waals surface area contributed by atoms with Gasteiger partial charge in [-0.2, -0.15) is 14.9 Å². The molecule has 0 saturated carbocycles. The molecule has 5 heterocycles. The molecule has 1 aromatic carbocycles. The van der Waals surface area contributed by atoms with Crippen molar-refractivity contribution < 1.29 is 9.50 Å². The Hall–Kier alpha value is -4.64. The van der Waals surface area contributed by atoms with Gasteiger partial charge < -0.3 is 15.0 Å². The number of nitrogens with zero attached hydrogens (tertiary/aromatic N) is 6. The molecule has 5 aromatic rings. The summed E-state index contributed by atoms with van der Waals surface area (Å²) in [5.41, 5.74) is 2.38. The maximum atomic E-state index is 15.3. The molecule has 43 heavy (non-hydrogen) atoms. The lowest BCUT2D eigenvalue weighted by Gasteiger charge is -2.20. The van der Waals surface area contributed by atoms with Crippen LogP contribution in [0.4, 0.5) is 15.9 Å². The number of halogens is 1. The molecule has 1 aliphatic rings. The maximum Gasteiger partial charge on any atom is 0.283 e. The van der Waals surface area contributed by atoms with Crippen molar-refractivity contribution >= 4 is 22.3 Å². The van der Waals surface area contributed by atoms with Gasteiger partial charge in [-0.25, -0.2) is 9.37 Å². The molecular weight excluding hydrogens is 549 g/mol. The Bertz CT molecular complexity index is 2000. The van der Waals surface area contributed by atoms with Gasteiger partial charge in [0.2, 0.25) is 0 Å². The monoisotopic (exact) mass is 583 g/mol. The lowest BCUT2D eigenvalue weighted by atomic mass is 9.86. The van der Waals surface area contributed by atoms with Gasteiger partial charge in [0.05, 0.1) is 18.2 Å². The molecule has 0 fully saturated rings. The van der Waals surface area contributed by atoms with Crippen LogP contribution in [0.1, 0.15) is 50.9 Å². The number of aryl methyl sites for hydroxylation is 2. The zero-order valence-electron chi connectivity index (χ0n) is 24.8. The second-order valence-corrected chi connectivity index (χ2v) is 12.4. The number of rotatable bonds is 5. The predicted octanol–water partition coefficient (Wildman–Crippen LogP) is 4.60. The van der Waals surface area contributed by atoms with Gasteiger partial charge in [0, 0.05) is 54.3 Å². The van der Waals surface area contributed by atoms with E-state index in [9.17, 15) is 14.7 Å². The molecule has 11 heteroatoms. The molecule has 1 aliphatic heterocycles. The molecular formula is C32H34FN7O3. The van der Waals surface area contributed by atoms with Crippen molar-refractivity contribution in [2.45, 2.75) is 59.1 Å². The standard InChI is InChI=1S/C32H34FN7O3/c1-18-7-9-39-22(10-18)14-27(37-39)36-26-12-20(16-38(5)30(26)42)23-6-8-34-29(24(23)17-41)40-31(43)28-19(15-35-40)11-21(13-25(28)33)32(2,3)4/h6,8,11-16,18,41H,7,9-10,17H2,1-5H3,(H,36,37). The summed E-state index contributed by atoms with van der Waals surface area (Å²) in [4.78, 5) is 31.0. The van der Waals surface area contributed by atoms with Crippen molar-refractivity contribution in [3.05, 3.63) is 92.3 Å². The second kappa shape index (κ2) is 10.6. The van der Waals surface area contributed by atoms with Crippen molar-refractivity contribution in [1.82, 2.24) is 29.1 Å². The number of aliphatic hydroxyl groups excluding tert-OH is 1. The largest absolute Gasteiger partial charge is 0.392 e. The number of hydrogen-bond acceptors (Lipinski definition) is 7. The van der Waals surface area contributed by atoms with Gasteiger partial charge in [-0.15, -0.1) is 0 Å². The summed E-state index contributed by atoms with van der Waals surface area (Å²) >= 11 is 0. The smallest absolute Gasteiger partial charge is 0.283 e. The number of benzene rings is 1. The number of anilines is 2. The molecule has 0 aliphatic carbocycles. The van der Waals surface area contributed by atoms with E-state index in [0.717, 1.165) is 35.3 Å². The molecule has 10 nitrogen and oxygen atoms in total. The van der Waals surface area contributed by atoms with E-state index < -0.39 is 18.0 Å². The lowest BCUT2D eigenvalue weighted by Crippen LogP contribution is -2.25. The van der Waals surface area contributed by atoms with E-state index >= 15 is 4.39 Å². The molecule has 1 atom stereocenters. The van der Waals surface area contributed by atoms with E-state index in [4.69, 9.17) is 0 Å². The van der Waals surface area contributed by atoms with Gasteiger partial charge in [0.25, 0.3) is 11.1 Å². The van der Waals surface area contributed by atoms with Crippen LogP contribution in [0.3, 0.4) is 0 Å². The number of nitrogens with one attached hydrogen (secondary N) is 1. The summed E-state index contributed by atoms with van der Waals surface area (Å²) in [6.45, 7) is 8.47. The van der Waals surface area contributed by atoms with Crippen LogP contribution in [0.25, 0.3) is 27.7 Å². The van der Waals surface area contributed by atoms with Crippen LogP contribution in [-0.2, 0) is 32.0 Å². The lowest BCUT2D eigenvalue weighted by molar-refractivity contribution is 0.281. The fourth-order valence-electron chi connectivity index (χ4n) is 5.67. The first-order valence-corrected chi connectivity index (χ1v) is 14.3. The Labute approximate surface area is 247 Å². The van der Waals surface area contributed by atoms with Crippen LogP contribution in [0, 0.1) is 11.7 Å². The minimum absolute atomic E-state index is 0.0745. The van der Waals surface area contributed by atoms with Gasteiger partial charge in [-0.05, 0) is 59.6 Å².